The number of phenolic OH excluding ortho intramolecular Hbond substituents is 3. The fourth-order valence-corrected chi connectivity index (χ4v) is 8.01. The Morgan fingerprint density at radius 3 is 2.10 bits per heavy atom. The van der Waals surface area contributed by atoms with Crippen LogP contribution in [-0.4, -0.2) is 52.0 Å². The van der Waals surface area contributed by atoms with E-state index in [2.05, 4.69) is 0 Å². The number of aliphatic hydroxyl groups is 2. The molecule has 5 aromatic carbocycles. The van der Waals surface area contributed by atoms with Gasteiger partial charge in [-0.25, -0.2) is 0 Å². The Morgan fingerprint density at radius 1 is 0.680 bits per heavy atom. The molecule has 1 saturated carbocycles. The summed E-state index contributed by atoms with van der Waals surface area (Å²) >= 11 is 0. The Bertz CT molecular complexity index is 2070. The largest absolute Gasteiger partial charge is 0.508 e. The Morgan fingerprint density at radius 2 is 1.36 bits per heavy atom. The van der Waals surface area contributed by atoms with E-state index in [1.807, 2.05) is 24.3 Å². The van der Waals surface area contributed by atoms with Gasteiger partial charge in [-0.1, -0.05) is 18.2 Å². The molecule has 0 saturated heterocycles. The van der Waals surface area contributed by atoms with E-state index in [1.165, 1.54) is 0 Å². The summed E-state index contributed by atoms with van der Waals surface area (Å²) in [7, 11) is 1.54. The van der Waals surface area contributed by atoms with Crippen molar-refractivity contribution in [3.05, 3.63) is 101 Å². The van der Waals surface area contributed by atoms with E-state index in [1.54, 1.807) is 61.7 Å². The Hall–Kier alpha value is -5.12. The number of hydrogen-bond acceptors (Lipinski definition) is 9. The highest BCUT2D eigenvalue weighted by Gasteiger charge is 2.44. The minimum absolute atomic E-state index is 0.0822. The molecule has 0 amide bonds. The van der Waals surface area contributed by atoms with Gasteiger partial charge in [-0.3, -0.25) is 0 Å². The lowest BCUT2D eigenvalue weighted by atomic mass is 9.76. The summed E-state index contributed by atoms with van der Waals surface area (Å²) < 4.78 is 24.9. The fourth-order valence-electron chi connectivity index (χ4n) is 8.01. The van der Waals surface area contributed by atoms with Gasteiger partial charge < -0.3 is 44.5 Å². The molecule has 5 N–H and O–H groups in total. The van der Waals surface area contributed by atoms with Crippen LogP contribution in [-0.2, 0) is 6.42 Å². The van der Waals surface area contributed by atoms with E-state index in [4.69, 9.17) is 18.9 Å². The lowest BCUT2D eigenvalue weighted by molar-refractivity contribution is -0.0550. The third-order valence-electron chi connectivity index (χ3n) is 10.5. The second-order valence-corrected chi connectivity index (χ2v) is 13.7. The summed E-state index contributed by atoms with van der Waals surface area (Å²) in [6, 6.07) is 22.7. The van der Waals surface area contributed by atoms with Crippen LogP contribution in [0.3, 0.4) is 0 Å². The maximum Gasteiger partial charge on any atom is 0.133 e. The first-order valence-electron chi connectivity index (χ1n) is 17.2. The lowest BCUT2D eigenvalue weighted by Crippen LogP contribution is -2.40. The highest BCUT2D eigenvalue weighted by molar-refractivity contribution is 5.95. The van der Waals surface area contributed by atoms with Gasteiger partial charge in [0.05, 0.1) is 38.6 Å². The van der Waals surface area contributed by atoms with Crippen molar-refractivity contribution in [3.8, 4) is 51.4 Å². The van der Waals surface area contributed by atoms with Crippen LogP contribution >= 0.6 is 0 Å². The van der Waals surface area contributed by atoms with Gasteiger partial charge in [0.2, 0.25) is 0 Å². The number of ether oxygens (including phenoxy) is 4. The Balaban J connectivity index is 1.16. The van der Waals surface area contributed by atoms with E-state index in [9.17, 15) is 25.5 Å². The van der Waals surface area contributed by atoms with E-state index in [-0.39, 0.29) is 36.6 Å². The van der Waals surface area contributed by atoms with Crippen molar-refractivity contribution < 1.29 is 44.5 Å². The van der Waals surface area contributed by atoms with Crippen LogP contribution in [0.5, 0.6) is 40.2 Å². The molecule has 0 radical (unpaired) electrons. The SMILES string of the molecule is COc1cc2c(c3ccc(O)cc13)OCC(C1COc3c(Cc4cc(O)ccc4-c4cccc(O)c4)cc(OC4CCCC4)cc3C1O)C2O. The molecule has 258 valence electrons. The van der Waals surface area contributed by atoms with Gasteiger partial charge in [-0.2, -0.15) is 0 Å². The molecule has 0 spiro atoms. The van der Waals surface area contributed by atoms with E-state index >= 15 is 0 Å². The standard InChI is InChI=1S/C41H40O9/c1-47-37-19-34-39(46)36(21-49-41(34)31-12-10-27(44)17-32(31)37)35-20-48-40-24(16-29(18-33(40)38(35)45)50-28-7-2-3-8-28)13-23-15-26(43)9-11-30(23)22-5-4-6-25(42)14-22/h4-6,9-12,14-19,28,35-36,38-39,42-46H,2-3,7-8,13,20-21H2,1H3. The monoisotopic (exact) mass is 676 g/mol. The minimum atomic E-state index is -0.997. The van der Waals surface area contributed by atoms with Crippen LogP contribution in [0.2, 0.25) is 0 Å². The Labute approximate surface area is 289 Å². The van der Waals surface area contributed by atoms with Gasteiger partial charge in [0.25, 0.3) is 0 Å². The van der Waals surface area contributed by atoms with Gasteiger partial charge in [-0.05, 0) is 103 Å². The van der Waals surface area contributed by atoms with Crippen molar-refractivity contribution in [1.82, 2.24) is 0 Å². The van der Waals surface area contributed by atoms with Crippen molar-refractivity contribution >= 4 is 10.8 Å². The van der Waals surface area contributed by atoms with Gasteiger partial charge in [-0.15, -0.1) is 0 Å². The molecule has 9 nitrogen and oxygen atoms in total. The number of methoxy groups -OCH3 is 1. The fraction of sp³-hybridized carbons (Fsp3) is 0.317. The molecule has 4 unspecified atom stereocenters. The van der Waals surface area contributed by atoms with Crippen molar-refractivity contribution in [2.24, 2.45) is 11.8 Å². The summed E-state index contributed by atoms with van der Waals surface area (Å²) in [5.41, 5.74) is 4.40. The highest BCUT2D eigenvalue weighted by atomic mass is 16.5. The summed E-state index contributed by atoms with van der Waals surface area (Å²) in [5.74, 6) is 1.56. The quantitative estimate of drug-likeness (QED) is 0.120. The minimum Gasteiger partial charge on any atom is -0.508 e. The second kappa shape index (κ2) is 13.0. The van der Waals surface area contributed by atoms with Crippen LogP contribution in [0.1, 0.15) is 60.1 Å². The molecule has 9 heteroatoms. The Kier molecular flexibility index (Phi) is 8.33. The zero-order valence-electron chi connectivity index (χ0n) is 27.7. The number of aliphatic hydroxyl groups excluding tert-OH is 2. The molecular formula is C41H40O9. The van der Waals surface area contributed by atoms with Crippen molar-refractivity contribution in [1.29, 1.82) is 0 Å². The predicted molar refractivity (Wildman–Crippen MR) is 187 cm³/mol. The topological polar surface area (TPSA) is 138 Å². The average Bonchev–Trinajstić information content (AvgIpc) is 3.62. The smallest absolute Gasteiger partial charge is 0.133 e. The first-order valence-corrected chi connectivity index (χ1v) is 17.2. The zero-order valence-corrected chi connectivity index (χ0v) is 27.7. The average molecular weight is 677 g/mol. The maximum absolute atomic E-state index is 12.1. The molecule has 8 rings (SSSR count). The van der Waals surface area contributed by atoms with Gasteiger partial charge >= 0.3 is 0 Å². The molecule has 1 aliphatic carbocycles. The summed E-state index contributed by atoms with van der Waals surface area (Å²) in [6.07, 6.45) is 2.61. The van der Waals surface area contributed by atoms with E-state index < -0.39 is 24.0 Å². The normalized spacial score (nSPS) is 21.6. The number of benzene rings is 5. The van der Waals surface area contributed by atoms with Gasteiger partial charge in [0, 0.05) is 45.7 Å². The van der Waals surface area contributed by atoms with Crippen LogP contribution in [0.25, 0.3) is 21.9 Å². The first-order chi connectivity index (χ1) is 24.3. The number of rotatable bonds is 7. The third kappa shape index (κ3) is 5.80. The van der Waals surface area contributed by atoms with Crippen molar-refractivity contribution in [2.45, 2.75) is 50.4 Å². The molecule has 1 fully saturated rings. The molecule has 4 atom stereocenters. The highest BCUT2D eigenvalue weighted by Crippen LogP contribution is 2.51. The second-order valence-electron chi connectivity index (χ2n) is 13.7. The predicted octanol–water partition coefficient (Wildman–Crippen LogP) is 7.33. The van der Waals surface area contributed by atoms with Crippen LogP contribution in [0.15, 0.2) is 78.9 Å². The molecule has 5 aromatic rings. The van der Waals surface area contributed by atoms with Gasteiger partial charge in [0.1, 0.15) is 40.2 Å². The van der Waals surface area contributed by atoms with E-state index in [0.29, 0.717) is 45.9 Å². The molecule has 3 aliphatic rings. The maximum atomic E-state index is 12.1. The summed E-state index contributed by atoms with van der Waals surface area (Å²) in [5, 5.41) is 56.1. The molecular weight excluding hydrogens is 636 g/mol. The first kappa shape index (κ1) is 32.1. The zero-order chi connectivity index (χ0) is 34.5. The molecule has 50 heavy (non-hydrogen) atoms. The molecule has 2 aliphatic heterocycles. The van der Waals surface area contributed by atoms with Crippen LogP contribution < -0.4 is 18.9 Å². The van der Waals surface area contributed by atoms with E-state index in [0.717, 1.165) is 53.3 Å². The van der Waals surface area contributed by atoms with Crippen LogP contribution in [0, 0.1) is 11.8 Å². The number of phenols is 3. The molecule has 0 bridgehead atoms. The number of aromatic hydroxyl groups is 3. The lowest BCUT2D eigenvalue weighted by Gasteiger charge is -2.41. The van der Waals surface area contributed by atoms with Gasteiger partial charge in [0.15, 0.2) is 0 Å². The molecule has 2 heterocycles. The summed E-state index contributed by atoms with van der Waals surface area (Å²) in [6.45, 7) is 0.293. The number of hydrogen-bond donors (Lipinski definition) is 5. The molecule has 0 aromatic heterocycles. The van der Waals surface area contributed by atoms with Crippen molar-refractivity contribution in [3.63, 3.8) is 0 Å². The summed E-state index contributed by atoms with van der Waals surface area (Å²) in [4.78, 5) is 0. The third-order valence-corrected chi connectivity index (χ3v) is 10.5. The number of fused-ring (bicyclic) bond motifs is 4. The van der Waals surface area contributed by atoms with Crippen molar-refractivity contribution in [2.75, 3.05) is 20.3 Å². The van der Waals surface area contributed by atoms with Crippen LogP contribution in [0.4, 0.5) is 0 Å².